The van der Waals surface area contributed by atoms with E-state index in [0.717, 1.165) is 18.2 Å². The van der Waals surface area contributed by atoms with Crippen molar-refractivity contribution in [3.8, 4) is 0 Å². The highest BCUT2D eigenvalue weighted by atomic mass is 16.3. The Morgan fingerprint density at radius 1 is 1.35 bits per heavy atom. The van der Waals surface area contributed by atoms with Crippen LogP contribution >= 0.6 is 0 Å². The predicted molar refractivity (Wildman–Crippen MR) is 90.7 cm³/mol. The van der Waals surface area contributed by atoms with Crippen molar-refractivity contribution in [1.29, 1.82) is 0 Å². The third kappa shape index (κ3) is 3.52. The van der Waals surface area contributed by atoms with Gasteiger partial charge in [-0.1, -0.05) is 19.3 Å². The van der Waals surface area contributed by atoms with Crippen molar-refractivity contribution in [2.75, 3.05) is 11.9 Å². The molecule has 3 rings (SSSR count). The first-order chi connectivity index (χ1) is 11.2. The van der Waals surface area contributed by atoms with Crippen LogP contribution in [0.1, 0.15) is 51.5 Å². The number of aliphatic hydroxyl groups excluding tert-OH is 1. The molecule has 1 atom stereocenters. The zero-order valence-electron chi connectivity index (χ0n) is 13.5. The van der Waals surface area contributed by atoms with Gasteiger partial charge in [-0.15, -0.1) is 0 Å². The third-order valence-corrected chi connectivity index (χ3v) is 4.59. The maximum atomic E-state index is 12.3. The van der Waals surface area contributed by atoms with E-state index in [2.05, 4.69) is 15.3 Å². The number of pyridine rings is 1. The van der Waals surface area contributed by atoms with Crippen LogP contribution in [0.5, 0.6) is 0 Å². The summed E-state index contributed by atoms with van der Waals surface area (Å²) in [6.45, 7) is 1.97. The average molecular weight is 316 g/mol. The van der Waals surface area contributed by atoms with Gasteiger partial charge in [-0.25, -0.2) is 4.98 Å². The molecule has 2 aromatic rings. The second-order valence-electron chi connectivity index (χ2n) is 6.35. The molecule has 1 aliphatic carbocycles. The molecule has 23 heavy (non-hydrogen) atoms. The molecule has 0 radical (unpaired) electrons. The summed E-state index contributed by atoms with van der Waals surface area (Å²) in [5.74, 6) is 0.583. The summed E-state index contributed by atoms with van der Waals surface area (Å²) in [6.07, 6.45) is 8.35. The van der Waals surface area contributed by atoms with Gasteiger partial charge in [-0.3, -0.25) is 9.36 Å². The summed E-state index contributed by atoms with van der Waals surface area (Å²) in [5, 5.41) is 13.4. The Balaban J connectivity index is 1.96. The molecular formula is C17H24N4O2. The van der Waals surface area contributed by atoms with Crippen molar-refractivity contribution in [2.45, 2.75) is 57.5 Å². The van der Waals surface area contributed by atoms with E-state index in [4.69, 9.17) is 0 Å². The minimum absolute atomic E-state index is 0.0439. The topological polar surface area (TPSA) is 80.0 Å². The smallest absolute Gasteiger partial charge is 0.252 e. The van der Waals surface area contributed by atoms with Crippen molar-refractivity contribution in [2.24, 2.45) is 0 Å². The lowest BCUT2D eigenvalue weighted by Gasteiger charge is -2.23. The molecule has 124 valence electrons. The molecule has 6 heteroatoms. The van der Waals surface area contributed by atoms with Crippen molar-refractivity contribution in [1.82, 2.24) is 14.5 Å². The lowest BCUT2D eigenvalue weighted by atomic mass is 9.96. The number of nitrogens with one attached hydrogen (secondary N) is 1. The molecule has 0 aliphatic heterocycles. The summed E-state index contributed by atoms with van der Waals surface area (Å²) in [5.41, 5.74) is 0.535. The van der Waals surface area contributed by atoms with Crippen LogP contribution in [0.15, 0.2) is 23.1 Å². The van der Waals surface area contributed by atoms with Crippen LogP contribution in [0.25, 0.3) is 11.0 Å². The molecule has 2 aromatic heterocycles. The molecule has 2 N–H and O–H groups in total. The second-order valence-corrected chi connectivity index (χ2v) is 6.35. The number of fused-ring (bicyclic) bond motifs is 1. The third-order valence-electron chi connectivity index (χ3n) is 4.59. The molecule has 0 bridgehead atoms. The SMILES string of the molecule is CC(CCO)n1c(=O)ccc2cnc(NC3CCCCC3)nc21. The van der Waals surface area contributed by atoms with Crippen LogP contribution in [-0.2, 0) is 0 Å². The van der Waals surface area contributed by atoms with Crippen molar-refractivity contribution in [3.63, 3.8) is 0 Å². The van der Waals surface area contributed by atoms with Gasteiger partial charge in [-0.2, -0.15) is 4.98 Å². The normalized spacial score (nSPS) is 17.3. The van der Waals surface area contributed by atoms with E-state index in [1.807, 2.05) is 6.92 Å². The van der Waals surface area contributed by atoms with Gasteiger partial charge in [0.15, 0.2) is 0 Å². The maximum Gasteiger partial charge on any atom is 0.252 e. The largest absolute Gasteiger partial charge is 0.396 e. The zero-order chi connectivity index (χ0) is 16.2. The van der Waals surface area contributed by atoms with Gasteiger partial charge >= 0.3 is 0 Å². The van der Waals surface area contributed by atoms with Gasteiger partial charge in [0.2, 0.25) is 5.95 Å². The van der Waals surface area contributed by atoms with Crippen LogP contribution in [0.3, 0.4) is 0 Å². The number of aliphatic hydroxyl groups is 1. The van der Waals surface area contributed by atoms with E-state index in [0.29, 0.717) is 24.1 Å². The molecule has 1 fully saturated rings. The summed E-state index contributed by atoms with van der Waals surface area (Å²) < 4.78 is 1.65. The van der Waals surface area contributed by atoms with Gasteiger partial charge in [0.25, 0.3) is 5.56 Å². The first-order valence-corrected chi connectivity index (χ1v) is 8.44. The Morgan fingerprint density at radius 2 is 2.13 bits per heavy atom. The van der Waals surface area contributed by atoms with Crippen molar-refractivity contribution < 1.29 is 5.11 Å². The van der Waals surface area contributed by atoms with Gasteiger partial charge in [0, 0.05) is 36.3 Å². The number of anilines is 1. The van der Waals surface area contributed by atoms with E-state index >= 15 is 0 Å². The fraction of sp³-hybridized carbons (Fsp3) is 0.588. The van der Waals surface area contributed by atoms with E-state index < -0.39 is 0 Å². The first kappa shape index (κ1) is 15.9. The standard InChI is InChI=1S/C17H24N4O2/c1-12(9-10-22)21-15(23)8-7-13-11-18-17(20-16(13)21)19-14-5-3-2-4-6-14/h7-8,11-12,14,22H,2-6,9-10H2,1H3,(H,18,19,20). The Hall–Kier alpha value is -1.95. The lowest BCUT2D eigenvalue weighted by molar-refractivity contribution is 0.263. The zero-order valence-corrected chi connectivity index (χ0v) is 13.5. The lowest BCUT2D eigenvalue weighted by Crippen LogP contribution is -2.26. The van der Waals surface area contributed by atoms with E-state index in [1.165, 1.54) is 25.3 Å². The monoisotopic (exact) mass is 316 g/mol. The van der Waals surface area contributed by atoms with Gasteiger partial charge in [0.1, 0.15) is 5.65 Å². The van der Waals surface area contributed by atoms with Crippen LogP contribution < -0.4 is 10.9 Å². The molecule has 2 heterocycles. The highest BCUT2D eigenvalue weighted by Gasteiger charge is 2.16. The van der Waals surface area contributed by atoms with Crippen LogP contribution in [0.2, 0.25) is 0 Å². The number of nitrogens with zero attached hydrogens (tertiary/aromatic N) is 3. The fourth-order valence-electron chi connectivity index (χ4n) is 3.28. The molecule has 0 saturated heterocycles. The van der Waals surface area contributed by atoms with Gasteiger partial charge in [0.05, 0.1) is 0 Å². The molecule has 6 nitrogen and oxygen atoms in total. The molecule has 1 saturated carbocycles. The quantitative estimate of drug-likeness (QED) is 0.886. The minimum Gasteiger partial charge on any atom is -0.396 e. The number of rotatable bonds is 5. The molecule has 0 amide bonds. The Morgan fingerprint density at radius 3 is 2.87 bits per heavy atom. The van der Waals surface area contributed by atoms with Crippen LogP contribution in [0, 0.1) is 0 Å². The summed E-state index contributed by atoms with van der Waals surface area (Å²) >= 11 is 0. The number of aromatic nitrogens is 3. The highest BCUT2D eigenvalue weighted by Crippen LogP contribution is 2.21. The predicted octanol–water partition coefficient (Wildman–Crippen LogP) is 2.48. The minimum atomic E-state index is -0.103. The maximum absolute atomic E-state index is 12.3. The van der Waals surface area contributed by atoms with Crippen LogP contribution in [0.4, 0.5) is 5.95 Å². The van der Waals surface area contributed by atoms with Crippen LogP contribution in [-0.4, -0.2) is 32.3 Å². The number of hydrogen-bond donors (Lipinski definition) is 2. The molecule has 1 unspecified atom stereocenters. The molecule has 1 aliphatic rings. The van der Waals surface area contributed by atoms with Crippen molar-refractivity contribution >= 4 is 17.0 Å². The second kappa shape index (κ2) is 7.08. The molecule has 0 aromatic carbocycles. The first-order valence-electron chi connectivity index (χ1n) is 8.44. The Bertz CT molecular complexity index is 722. The fourth-order valence-corrected chi connectivity index (χ4v) is 3.28. The Kier molecular flexibility index (Phi) is 4.91. The Labute approximate surface area is 135 Å². The number of hydrogen-bond acceptors (Lipinski definition) is 5. The van der Waals surface area contributed by atoms with Crippen molar-refractivity contribution in [3.05, 3.63) is 28.7 Å². The molecule has 0 spiro atoms. The van der Waals surface area contributed by atoms with Gasteiger partial charge in [-0.05, 0) is 32.3 Å². The molecular weight excluding hydrogens is 292 g/mol. The summed E-state index contributed by atoms with van der Waals surface area (Å²) in [7, 11) is 0. The van der Waals surface area contributed by atoms with E-state index in [1.54, 1.807) is 16.8 Å². The van der Waals surface area contributed by atoms with Gasteiger partial charge < -0.3 is 10.4 Å². The summed E-state index contributed by atoms with van der Waals surface area (Å²) in [6, 6.07) is 3.60. The average Bonchev–Trinajstić information content (AvgIpc) is 2.55. The van der Waals surface area contributed by atoms with E-state index in [-0.39, 0.29) is 18.2 Å². The van der Waals surface area contributed by atoms with E-state index in [9.17, 15) is 9.90 Å². The highest BCUT2D eigenvalue weighted by molar-refractivity contribution is 5.75. The summed E-state index contributed by atoms with van der Waals surface area (Å²) in [4.78, 5) is 21.2.